The molecule has 0 radical (unpaired) electrons. The zero-order valence-corrected chi connectivity index (χ0v) is 13.8. The van der Waals surface area contributed by atoms with Gasteiger partial charge in [0.2, 0.25) is 10.0 Å². The SMILES string of the molecule is CCc1ccc(S(=O)(=O)NC2CCc3n[nH]c(=O)cc3C2)s1. The molecule has 3 rings (SSSR count). The molecule has 2 heterocycles. The van der Waals surface area contributed by atoms with Crippen LogP contribution in [-0.2, 0) is 29.3 Å². The smallest absolute Gasteiger partial charge is 0.264 e. The highest BCUT2D eigenvalue weighted by Gasteiger charge is 2.26. The monoisotopic (exact) mass is 339 g/mol. The van der Waals surface area contributed by atoms with Crippen molar-refractivity contribution in [1.29, 1.82) is 0 Å². The van der Waals surface area contributed by atoms with E-state index in [4.69, 9.17) is 0 Å². The number of nitrogens with one attached hydrogen (secondary N) is 2. The largest absolute Gasteiger partial charge is 0.268 e. The quantitative estimate of drug-likeness (QED) is 0.876. The van der Waals surface area contributed by atoms with E-state index in [0.29, 0.717) is 23.5 Å². The molecule has 0 spiro atoms. The molecular weight excluding hydrogens is 322 g/mol. The van der Waals surface area contributed by atoms with E-state index in [1.807, 2.05) is 13.0 Å². The summed E-state index contributed by atoms with van der Waals surface area (Å²) in [6.45, 7) is 2.00. The highest BCUT2D eigenvalue weighted by molar-refractivity contribution is 7.91. The van der Waals surface area contributed by atoms with Crippen LogP contribution in [-0.4, -0.2) is 24.7 Å². The lowest BCUT2D eigenvalue weighted by atomic mass is 9.93. The fourth-order valence-corrected chi connectivity index (χ4v) is 5.19. The Morgan fingerprint density at radius 2 is 2.27 bits per heavy atom. The molecule has 2 N–H and O–H groups in total. The van der Waals surface area contributed by atoms with Crippen molar-refractivity contribution < 1.29 is 8.42 Å². The second-order valence-corrected chi connectivity index (χ2v) is 8.45. The molecule has 0 aromatic carbocycles. The van der Waals surface area contributed by atoms with Gasteiger partial charge < -0.3 is 0 Å². The Balaban J connectivity index is 1.77. The van der Waals surface area contributed by atoms with Crippen LogP contribution in [0.1, 0.15) is 29.5 Å². The molecule has 1 unspecified atom stereocenters. The summed E-state index contributed by atoms with van der Waals surface area (Å²) in [6.07, 6.45) is 2.66. The normalized spacial score (nSPS) is 18.1. The lowest BCUT2D eigenvalue weighted by Gasteiger charge is -2.23. The number of aryl methyl sites for hydroxylation is 2. The average molecular weight is 339 g/mol. The predicted molar refractivity (Wildman–Crippen MR) is 84.7 cm³/mol. The van der Waals surface area contributed by atoms with Crippen LogP contribution in [0.4, 0.5) is 0 Å². The van der Waals surface area contributed by atoms with E-state index >= 15 is 0 Å². The number of thiophene rings is 1. The van der Waals surface area contributed by atoms with E-state index in [0.717, 1.165) is 22.6 Å². The molecule has 1 atom stereocenters. The van der Waals surface area contributed by atoms with Gasteiger partial charge in [0.15, 0.2) is 0 Å². The van der Waals surface area contributed by atoms with Crippen molar-refractivity contribution in [1.82, 2.24) is 14.9 Å². The first kappa shape index (κ1) is 15.4. The van der Waals surface area contributed by atoms with Crippen LogP contribution in [0.3, 0.4) is 0 Å². The van der Waals surface area contributed by atoms with Gasteiger partial charge in [0.25, 0.3) is 5.56 Å². The lowest BCUT2D eigenvalue weighted by Crippen LogP contribution is -2.39. The van der Waals surface area contributed by atoms with Crippen LogP contribution in [0.25, 0.3) is 0 Å². The van der Waals surface area contributed by atoms with E-state index in [9.17, 15) is 13.2 Å². The maximum absolute atomic E-state index is 12.4. The van der Waals surface area contributed by atoms with Gasteiger partial charge in [-0.25, -0.2) is 18.2 Å². The van der Waals surface area contributed by atoms with Crippen LogP contribution in [0.15, 0.2) is 27.2 Å². The minimum atomic E-state index is -3.50. The van der Waals surface area contributed by atoms with Crippen molar-refractivity contribution in [3.05, 3.63) is 44.7 Å². The third-order valence-electron chi connectivity index (χ3n) is 3.75. The molecule has 0 fully saturated rings. The fraction of sp³-hybridized carbons (Fsp3) is 0.429. The zero-order chi connectivity index (χ0) is 15.7. The molecular formula is C14H17N3O3S2. The summed E-state index contributed by atoms with van der Waals surface area (Å²) in [5.41, 5.74) is 1.41. The molecule has 0 bridgehead atoms. The zero-order valence-electron chi connectivity index (χ0n) is 12.1. The Morgan fingerprint density at radius 1 is 1.45 bits per heavy atom. The van der Waals surface area contributed by atoms with Crippen LogP contribution in [0.5, 0.6) is 0 Å². The molecule has 0 saturated heterocycles. The Bertz CT molecular complexity index is 839. The third-order valence-corrected chi connectivity index (χ3v) is 6.99. The first-order chi connectivity index (χ1) is 10.5. The molecule has 1 aliphatic carbocycles. The summed E-state index contributed by atoms with van der Waals surface area (Å²) in [6, 6.07) is 4.80. The first-order valence-corrected chi connectivity index (χ1v) is 9.46. The van der Waals surface area contributed by atoms with Crippen molar-refractivity contribution >= 4 is 21.4 Å². The van der Waals surface area contributed by atoms with Gasteiger partial charge >= 0.3 is 0 Å². The maximum atomic E-state index is 12.4. The Labute approximate surface area is 132 Å². The highest BCUT2D eigenvalue weighted by atomic mass is 32.2. The van der Waals surface area contributed by atoms with Gasteiger partial charge in [-0.15, -0.1) is 11.3 Å². The first-order valence-electron chi connectivity index (χ1n) is 7.16. The van der Waals surface area contributed by atoms with Crippen LogP contribution < -0.4 is 10.3 Å². The molecule has 1 aliphatic rings. The number of rotatable bonds is 4. The van der Waals surface area contributed by atoms with Gasteiger partial charge in [-0.05, 0) is 43.4 Å². The molecule has 2 aromatic heterocycles. The molecule has 118 valence electrons. The molecule has 0 saturated carbocycles. The van der Waals surface area contributed by atoms with Gasteiger partial charge in [-0.2, -0.15) is 5.10 Å². The molecule has 2 aromatic rings. The number of aromatic amines is 1. The minimum Gasteiger partial charge on any atom is -0.268 e. The Kier molecular flexibility index (Phi) is 4.16. The van der Waals surface area contributed by atoms with E-state index in [-0.39, 0.29) is 11.6 Å². The predicted octanol–water partition coefficient (Wildman–Crippen LogP) is 1.23. The topological polar surface area (TPSA) is 91.9 Å². The Morgan fingerprint density at radius 3 is 3.00 bits per heavy atom. The summed E-state index contributed by atoms with van der Waals surface area (Å²) in [4.78, 5) is 12.4. The number of hydrogen-bond donors (Lipinski definition) is 2. The van der Waals surface area contributed by atoms with E-state index in [1.54, 1.807) is 6.07 Å². The maximum Gasteiger partial charge on any atom is 0.264 e. The number of H-pyrrole nitrogens is 1. The summed E-state index contributed by atoms with van der Waals surface area (Å²) in [5.74, 6) is 0. The number of fused-ring (bicyclic) bond motifs is 1. The summed E-state index contributed by atoms with van der Waals surface area (Å²) >= 11 is 1.30. The summed E-state index contributed by atoms with van der Waals surface area (Å²) in [7, 11) is -3.50. The minimum absolute atomic E-state index is 0.201. The lowest BCUT2D eigenvalue weighted by molar-refractivity contribution is 0.500. The van der Waals surface area contributed by atoms with E-state index in [1.165, 1.54) is 17.4 Å². The average Bonchev–Trinajstić information content (AvgIpc) is 2.96. The van der Waals surface area contributed by atoms with Crippen LogP contribution in [0, 0.1) is 0 Å². The highest BCUT2D eigenvalue weighted by Crippen LogP contribution is 2.24. The van der Waals surface area contributed by atoms with Crippen molar-refractivity contribution in [3.8, 4) is 0 Å². The standard InChI is InChI=1S/C14H17N3O3S2/c1-2-11-4-6-14(21-11)22(19,20)17-10-3-5-12-9(7-10)8-13(18)16-15-12/h4,6,8,10,17H,2-3,5,7H2,1H3,(H,16,18). The van der Waals surface area contributed by atoms with Crippen molar-refractivity contribution in [2.24, 2.45) is 0 Å². The molecule has 6 nitrogen and oxygen atoms in total. The third kappa shape index (κ3) is 3.13. The fourth-order valence-electron chi connectivity index (χ4n) is 2.61. The van der Waals surface area contributed by atoms with Gasteiger partial charge in [0, 0.05) is 17.0 Å². The van der Waals surface area contributed by atoms with Crippen molar-refractivity contribution in [3.63, 3.8) is 0 Å². The molecule has 0 amide bonds. The molecule has 8 heteroatoms. The van der Waals surface area contributed by atoms with Crippen LogP contribution >= 0.6 is 11.3 Å². The van der Waals surface area contributed by atoms with E-state index < -0.39 is 10.0 Å². The Hall–Kier alpha value is -1.51. The summed E-state index contributed by atoms with van der Waals surface area (Å²) in [5, 5.41) is 6.42. The van der Waals surface area contributed by atoms with Crippen molar-refractivity contribution in [2.75, 3.05) is 0 Å². The van der Waals surface area contributed by atoms with Gasteiger partial charge in [-0.1, -0.05) is 6.92 Å². The van der Waals surface area contributed by atoms with Gasteiger partial charge in [-0.3, -0.25) is 4.79 Å². The number of sulfonamides is 1. The van der Waals surface area contributed by atoms with E-state index in [2.05, 4.69) is 14.9 Å². The number of nitrogens with zero attached hydrogens (tertiary/aromatic N) is 1. The summed E-state index contributed by atoms with van der Waals surface area (Å²) < 4.78 is 27.9. The van der Waals surface area contributed by atoms with Gasteiger partial charge in [0.1, 0.15) is 4.21 Å². The second-order valence-electron chi connectivity index (χ2n) is 5.34. The van der Waals surface area contributed by atoms with Crippen LogP contribution in [0.2, 0.25) is 0 Å². The number of aromatic nitrogens is 2. The molecule has 0 aliphatic heterocycles. The second kappa shape index (κ2) is 5.94. The van der Waals surface area contributed by atoms with Gasteiger partial charge in [0.05, 0.1) is 5.69 Å². The van der Waals surface area contributed by atoms with Crippen molar-refractivity contribution in [2.45, 2.75) is 42.9 Å². The number of hydrogen-bond acceptors (Lipinski definition) is 5. The molecule has 22 heavy (non-hydrogen) atoms.